The van der Waals surface area contributed by atoms with Crippen LogP contribution in [-0.2, 0) is 4.74 Å². The highest BCUT2D eigenvalue weighted by Gasteiger charge is 2.36. The fourth-order valence-electron chi connectivity index (χ4n) is 4.86. The molecule has 0 bridgehead atoms. The molecule has 9 heteroatoms. The van der Waals surface area contributed by atoms with Crippen LogP contribution in [0.15, 0.2) is 36.7 Å². The summed E-state index contributed by atoms with van der Waals surface area (Å²) in [6.45, 7) is 7.56. The highest BCUT2D eigenvalue weighted by molar-refractivity contribution is 6.33. The number of hydrogen-bond donors (Lipinski definition) is 3. The molecule has 1 aliphatic rings. The number of carbonyl (C=O) groups is 1. The lowest BCUT2D eigenvalue weighted by Crippen LogP contribution is -2.51. The van der Waals surface area contributed by atoms with E-state index in [4.69, 9.17) is 25.8 Å². The van der Waals surface area contributed by atoms with Crippen LogP contribution in [0.25, 0.3) is 10.8 Å². The molecule has 37 heavy (non-hydrogen) atoms. The monoisotopic (exact) mass is 534 g/mol. The lowest BCUT2D eigenvalue weighted by Gasteiger charge is -2.38. The lowest BCUT2D eigenvalue weighted by molar-refractivity contribution is 0.0469. The third-order valence-electron chi connectivity index (χ3n) is 6.64. The van der Waals surface area contributed by atoms with Gasteiger partial charge in [-0.3, -0.25) is 0 Å². The molecule has 3 N–H and O–H groups in total. The number of aliphatic hydroxyl groups excluding tert-OH is 2. The number of aromatic nitrogens is 1. The zero-order chi connectivity index (χ0) is 26.8. The Bertz CT molecular complexity index is 1050. The largest absolute Gasteiger partial charge is 0.489 e. The van der Waals surface area contributed by atoms with E-state index in [1.165, 1.54) is 0 Å². The van der Waals surface area contributed by atoms with Gasteiger partial charge in [-0.2, -0.15) is 0 Å². The van der Waals surface area contributed by atoms with E-state index in [1.807, 2.05) is 18.2 Å². The first-order valence-corrected chi connectivity index (χ1v) is 13.4. The van der Waals surface area contributed by atoms with Crippen LogP contribution in [0.5, 0.6) is 11.6 Å². The fraction of sp³-hybridized carbons (Fsp3) is 0.571. The Balaban J connectivity index is 1.69. The Labute approximate surface area is 224 Å². The zero-order valence-corrected chi connectivity index (χ0v) is 22.6. The van der Waals surface area contributed by atoms with E-state index >= 15 is 0 Å². The van der Waals surface area contributed by atoms with Crippen molar-refractivity contribution in [1.82, 2.24) is 10.3 Å². The summed E-state index contributed by atoms with van der Waals surface area (Å²) in [5.41, 5.74) is -0.679. The molecule has 0 spiro atoms. The zero-order valence-electron chi connectivity index (χ0n) is 21.8. The van der Waals surface area contributed by atoms with Crippen LogP contribution >= 0.6 is 11.6 Å². The second-order valence-corrected chi connectivity index (χ2v) is 10.3. The van der Waals surface area contributed by atoms with Crippen LogP contribution in [0, 0.1) is 0 Å². The van der Waals surface area contributed by atoms with Gasteiger partial charge in [-0.15, -0.1) is 0 Å². The van der Waals surface area contributed by atoms with Crippen LogP contribution < -0.4 is 14.8 Å². The number of halogens is 1. The molecule has 0 aliphatic heterocycles. The number of rotatable bonds is 11. The maximum atomic E-state index is 12.4. The van der Waals surface area contributed by atoms with Gasteiger partial charge < -0.3 is 29.7 Å². The normalized spacial score (nSPS) is 20.9. The molecular formula is C28H39ClN2O6. The number of nitrogens with one attached hydrogen (secondary N) is 1. The maximum absolute atomic E-state index is 12.4. The highest BCUT2D eigenvalue weighted by atomic mass is 35.5. The third-order valence-corrected chi connectivity index (χ3v) is 6.94. The summed E-state index contributed by atoms with van der Waals surface area (Å²) in [6, 6.07) is 5.70. The molecule has 8 nitrogen and oxygen atoms in total. The van der Waals surface area contributed by atoms with Gasteiger partial charge >= 0.3 is 6.09 Å². The van der Waals surface area contributed by atoms with E-state index in [9.17, 15) is 15.0 Å². The van der Waals surface area contributed by atoms with Gasteiger partial charge in [-0.05, 0) is 81.9 Å². The van der Waals surface area contributed by atoms with Gasteiger partial charge in [0.15, 0.2) is 0 Å². The maximum Gasteiger partial charge on any atom is 0.412 e. The smallest absolute Gasteiger partial charge is 0.412 e. The first-order valence-electron chi connectivity index (χ1n) is 13.1. The van der Waals surface area contributed by atoms with Crippen molar-refractivity contribution in [1.29, 1.82) is 0 Å². The quantitative estimate of drug-likeness (QED) is 0.243. The average molecular weight is 535 g/mol. The van der Waals surface area contributed by atoms with Crippen LogP contribution in [-0.4, -0.2) is 52.3 Å². The number of carbonyl (C=O) groups excluding carboxylic acids is 1. The molecule has 1 unspecified atom stereocenters. The molecule has 1 saturated carbocycles. The van der Waals surface area contributed by atoms with Crippen molar-refractivity contribution in [3.05, 3.63) is 41.8 Å². The van der Waals surface area contributed by atoms with Crippen molar-refractivity contribution < 1.29 is 29.2 Å². The van der Waals surface area contributed by atoms with Gasteiger partial charge in [0.05, 0.1) is 36.2 Å². The van der Waals surface area contributed by atoms with Gasteiger partial charge in [0.25, 0.3) is 0 Å². The Morgan fingerprint density at radius 3 is 2.70 bits per heavy atom. The number of pyridine rings is 1. The van der Waals surface area contributed by atoms with E-state index in [0.29, 0.717) is 36.1 Å². The predicted octanol–water partition coefficient (Wildman–Crippen LogP) is 5.91. The first kappa shape index (κ1) is 29.0. The van der Waals surface area contributed by atoms with E-state index in [2.05, 4.69) is 23.8 Å². The average Bonchev–Trinajstić information content (AvgIpc) is 2.82. The standard InChI is InChI=1S/C28H39ClN2O6/c1-4-5-14-35-26-23-16-24(29)25(15-20(23)10-13-30-26)37-22-8-6-11-28(12-7-9-22,17-21(33)18-32)31-27(34)36-19(2)3/h10,13,15-16,21-22,32-33H,2,4-9,11-12,14,17-18H2,1,3H3,(H,31,34). The molecule has 1 aromatic heterocycles. The van der Waals surface area contributed by atoms with Gasteiger partial charge in [0.1, 0.15) is 5.75 Å². The van der Waals surface area contributed by atoms with Crippen molar-refractivity contribution in [2.24, 2.45) is 0 Å². The Morgan fingerprint density at radius 1 is 1.32 bits per heavy atom. The molecule has 2 aromatic rings. The minimum absolute atomic E-state index is 0.0415. The number of unbranched alkanes of at least 4 members (excludes halogenated alkanes) is 1. The predicted molar refractivity (Wildman–Crippen MR) is 144 cm³/mol. The number of hydrogen-bond acceptors (Lipinski definition) is 7. The highest BCUT2D eigenvalue weighted by Crippen LogP contribution is 2.37. The van der Waals surface area contributed by atoms with E-state index in [1.54, 1.807) is 13.1 Å². The molecule has 1 atom stereocenters. The van der Waals surface area contributed by atoms with Gasteiger partial charge in [-0.25, -0.2) is 9.78 Å². The first-order chi connectivity index (χ1) is 17.7. The minimum atomic E-state index is -0.932. The number of nitrogens with zero attached hydrogens (tertiary/aromatic N) is 1. The van der Waals surface area contributed by atoms with Crippen LogP contribution in [0.2, 0.25) is 5.02 Å². The summed E-state index contributed by atoms with van der Waals surface area (Å²) in [4.78, 5) is 16.7. The summed E-state index contributed by atoms with van der Waals surface area (Å²) < 4.78 is 17.3. The number of fused-ring (bicyclic) bond motifs is 1. The van der Waals surface area contributed by atoms with Crippen molar-refractivity contribution in [2.45, 2.75) is 89.4 Å². The molecule has 1 fully saturated rings. The molecule has 1 amide bonds. The van der Waals surface area contributed by atoms with Crippen molar-refractivity contribution in [2.75, 3.05) is 13.2 Å². The number of alkyl carbamates (subject to hydrolysis) is 1. The van der Waals surface area contributed by atoms with Gasteiger partial charge in [-0.1, -0.05) is 31.5 Å². The number of benzene rings is 1. The lowest BCUT2D eigenvalue weighted by atomic mass is 9.79. The van der Waals surface area contributed by atoms with Gasteiger partial charge in [0.2, 0.25) is 5.88 Å². The molecule has 1 heterocycles. The Morgan fingerprint density at radius 2 is 2.05 bits per heavy atom. The summed E-state index contributed by atoms with van der Waals surface area (Å²) in [6.07, 6.45) is 6.64. The minimum Gasteiger partial charge on any atom is -0.489 e. The van der Waals surface area contributed by atoms with Crippen molar-refractivity contribution in [3.63, 3.8) is 0 Å². The van der Waals surface area contributed by atoms with Gasteiger partial charge in [0, 0.05) is 17.1 Å². The SMILES string of the molecule is C=C(C)OC(=O)NC1(CC(O)CO)CCCC(Oc2cc3ccnc(OCCCC)c3cc2Cl)CCC1. The summed E-state index contributed by atoms with van der Waals surface area (Å²) >= 11 is 6.62. The molecule has 204 valence electrons. The summed E-state index contributed by atoms with van der Waals surface area (Å²) in [5.74, 6) is 1.48. The Kier molecular flexibility index (Phi) is 10.9. The Hall–Kier alpha value is -2.55. The number of aliphatic hydroxyl groups is 2. The molecule has 0 saturated heterocycles. The van der Waals surface area contributed by atoms with Crippen molar-refractivity contribution >= 4 is 28.5 Å². The number of ether oxygens (including phenoxy) is 3. The second-order valence-electron chi connectivity index (χ2n) is 9.88. The molecule has 1 aromatic carbocycles. The van der Waals surface area contributed by atoms with Crippen LogP contribution in [0.3, 0.4) is 0 Å². The topological polar surface area (TPSA) is 110 Å². The van der Waals surface area contributed by atoms with Crippen molar-refractivity contribution in [3.8, 4) is 11.6 Å². The van der Waals surface area contributed by atoms with E-state index < -0.39 is 17.7 Å². The number of allylic oxidation sites excluding steroid dienone is 1. The molecule has 0 radical (unpaired) electrons. The second kappa shape index (κ2) is 13.8. The fourth-order valence-corrected chi connectivity index (χ4v) is 5.07. The van der Waals surface area contributed by atoms with Crippen LogP contribution in [0.1, 0.15) is 71.6 Å². The van der Waals surface area contributed by atoms with E-state index in [0.717, 1.165) is 49.3 Å². The summed E-state index contributed by atoms with van der Waals surface area (Å²) in [7, 11) is 0. The van der Waals surface area contributed by atoms with E-state index in [-0.39, 0.29) is 24.9 Å². The molecule has 3 rings (SSSR count). The molecule has 1 aliphatic carbocycles. The number of amides is 1. The summed E-state index contributed by atoms with van der Waals surface area (Å²) in [5, 5.41) is 24.8. The third kappa shape index (κ3) is 8.48. The van der Waals surface area contributed by atoms with Crippen LogP contribution in [0.4, 0.5) is 4.79 Å². The molecular weight excluding hydrogens is 496 g/mol.